The first kappa shape index (κ1) is 15.0. The molecule has 0 atom stereocenters. The van der Waals surface area contributed by atoms with Crippen molar-refractivity contribution >= 4 is 5.97 Å². The molecule has 1 aromatic heterocycles. The Kier molecular flexibility index (Phi) is 6.12. The van der Waals surface area contributed by atoms with Crippen LogP contribution in [-0.2, 0) is 6.54 Å². The van der Waals surface area contributed by atoms with Gasteiger partial charge in [-0.1, -0.05) is 0 Å². The summed E-state index contributed by atoms with van der Waals surface area (Å²) in [5.74, 6) is -1.43. The van der Waals surface area contributed by atoms with Gasteiger partial charge in [0.1, 0.15) is 0 Å². The third-order valence-corrected chi connectivity index (χ3v) is 2.03. The van der Waals surface area contributed by atoms with Gasteiger partial charge in [-0.05, 0) is 26.2 Å². The SMILES string of the molecule is CN(C)CCn1cccc(C(=O)[O-])c1=O.[Li+]. The summed E-state index contributed by atoms with van der Waals surface area (Å²) in [6.07, 6.45) is 1.57. The molecule has 0 radical (unpaired) electrons. The third kappa shape index (κ3) is 3.85. The first-order chi connectivity index (χ1) is 7.02. The van der Waals surface area contributed by atoms with Gasteiger partial charge in [-0.2, -0.15) is 0 Å². The molecule has 0 fully saturated rings. The van der Waals surface area contributed by atoms with Gasteiger partial charge in [0.2, 0.25) is 0 Å². The molecule has 5 nitrogen and oxygen atoms in total. The maximum atomic E-state index is 11.5. The van der Waals surface area contributed by atoms with E-state index in [-0.39, 0.29) is 24.4 Å². The number of pyridine rings is 1. The van der Waals surface area contributed by atoms with Crippen molar-refractivity contribution in [1.82, 2.24) is 9.47 Å². The van der Waals surface area contributed by atoms with E-state index in [9.17, 15) is 14.7 Å². The van der Waals surface area contributed by atoms with Crippen LogP contribution in [-0.4, -0.2) is 36.1 Å². The van der Waals surface area contributed by atoms with E-state index >= 15 is 0 Å². The van der Waals surface area contributed by atoms with Crippen LogP contribution < -0.4 is 29.5 Å². The predicted molar refractivity (Wildman–Crippen MR) is 53.6 cm³/mol. The molecule has 0 amide bonds. The summed E-state index contributed by atoms with van der Waals surface area (Å²) in [5, 5.41) is 10.6. The Morgan fingerprint density at radius 2 is 2.12 bits per heavy atom. The number of hydrogen-bond acceptors (Lipinski definition) is 4. The molecule has 0 aliphatic carbocycles. The molecule has 0 aliphatic heterocycles. The fraction of sp³-hybridized carbons (Fsp3) is 0.400. The second kappa shape index (κ2) is 6.54. The number of carboxylic acids is 1. The van der Waals surface area contributed by atoms with Crippen LogP contribution in [0.25, 0.3) is 0 Å². The maximum Gasteiger partial charge on any atom is 1.00 e. The van der Waals surface area contributed by atoms with E-state index in [1.54, 1.807) is 6.20 Å². The summed E-state index contributed by atoms with van der Waals surface area (Å²) in [4.78, 5) is 24.0. The average molecular weight is 216 g/mol. The van der Waals surface area contributed by atoms with Gasteiger partial charge in [-0.3, -0.25) is 4.79 Å². The van der Waals surface area contributed by atoms with Crippen LogP contribution in [0.5, 0.6) is 0 Å². The molecule has 0 unspecified atom stereocenters. The Balaban J connectivity index is 0.00000225. The first-order valence-corrected chi connectivity index (χ1v) is 4.58. The van der Waals surface area contributed by atoms with Gasteiger partial charge in [0, 0.05) is 19.3 Å². The van der Waals surface area contributed by atoms with E-state index in [1.165, 1.54) is 16.7 Å². The van der Waals surface area contributed by atoms with Crippen molar-refractivity contribution < 1.29 is 28.8 Å². The number of carbonyl (C=O) groups is 1. The van der Waals surface area contributed by atoms with Crippen LogP contribution in [0.15, 0.2) is 23.1 Å². The van der Waals surface area contributed by atoms with Gasteiger partial charge in [-0.25, -0.2) is 0 Å². The number of hydrogen-bond donors (Lipinski definition) is 0. The van der Waals surface area contributed by atoms with Crippen molar-refractivity contribution in [3.05, 3.63) is 34.2 Å². The zero-order valence-corrected chi connectivity index (χ0v) is 9.77. The second-order valence-corrected chi connectivity index (χ2v) is 3.51. The summed E-state index contributed by atoms with van der Waals surface area (Å²) >= 11 is 0. The number of carboxylic acid groups (broad SMARTS) is 1. The van der Waals surface area contributed by atoms with E-state index < -0.39 is 11.5 Å². The van der Waals surface area contributed by atoms with Crippen molar-refractivity contribution in [3.8, 4) is 0 Å². The molecule has 6 heteroatoms. The number of rotatable bonds is 4. The van der Waals surface area contributed by atoms with Gasteiger partial charge in [-0.15, -0.1) is 0 Å². The normalized spacial score (nSPS) is 9.94. The molecule has 0 N–H and O–H groups in total. The Morgan fingerprint density at radius 1 is 1.50 bits per heavy atom. The molecule has 82 valence electrons. The molecular weight excluding hydrogens is 203 g/mol. The molecule has 16 heavy (non-hydrogen) atoms. The molecule has 1 heterocycles. The Bertz CT molecular complexity index is 415. The number of aromatic nitrogens is 1. The second-order valence-electron chi connectivity index (χ2n) is 3.51. The maximum absolute atomic E-state index is 11.5. The van der Waals surface area contributed by atoms with Gasteiger partial charge in [0.15, 0.2) is 0 Å². The molecule has 0 aliphatic rings. The molecule has 0 saturated heterocycles. The van der Waals surface area contributed by atoms with Gasteiger partial charge >= 0.3 is 18.9 Å². The molecule has 0 aromatic carbocycles. The van der Waals surface area contributed by atoms with Crippen LogP contribution in [0.2, 0.25) is 0 Å². The number of carbonyl (C=O) groups excluding carboxylic acids is 1. The van der Waals surface area contributed by atoms with Crippen LogP contribution in [0, 0.1) is 0 Å². The van der Waals surface area contributed by atoms with Crippen LogP contribution >= 0.6 is 0 Å². The molecule has 1 aromatic rings. The van der Waals surface area contributed by atoms with E-state index in [1.807, 2.05) is 19.0 Å². The largest absolute Gasteiger partial charge is 1.00 e. The van der Waals surface area contributed by atoms with E-state index in [0.29, 0.717) is 13.1 Å². The van der Waals surface area contributed by atoms with E-state index in [0.717, 1.165) is 0 Å². The minimum Gasteiger partial charge on any atom is -0.545 e. The van der Waals surface area contributed by atoms with Gasteiger partial charge in [0.05, 0.1) is 11.5 Å². The smallest absolute Gasteiger partial charge is 0.545 e. The molecule has 0 bridgehead atoms. The minimum atomic E-state index is -1.43. The zero-order valence-electron chi connectivity index (χ0n) is 9.77. The quantitative estimate of drug-likeness (QED) is 0.478. The average Bonchev–Trinajstić information content (AvgIpc) is 2.15. The standard InChI is InChI=1S/C10H14N2O3.Li/c1-11(2)6-7-12-5-3-4-8(9(12)13)10(14)15;/h3-5H,6-7H2,1-2H3,(H,14,15);/q;+1/p-1. The summed E-state index contributed by atoms with van der Waals surface area (Å²) in [6, 6.07) is 2.78. The minimum absolute atomic E-state index is 0. The summed E-state index contributed by atoms with van der Waals surface area (Å²) < 4.78 is 1.37. The molecule has 0 saturated carbocycles. The molecular formula is C10H13LiN2O3. The van der Waals surface area contributed by atoms with Crippen molar-refractivity contribution in [3.63, 3.8) is 0 Å². The molecule has 0 spiro atoms. The number of nitrogens with zero attached hydrogens (tertiary/aromatic N) is 2. The van der Waals surface area contributed by atoms with Crippen molar-refractivity contribution in [2.24, 2.45) is 0 Å². The van der Waals surface area contributed by atoms with Crippen molar-refractivity contribution in [2.75, 3.05) is 20.6 Å². The Morgan fingerprint density at radius 3 is 2.62 bits per heavy atom. The fourth-order valence-corrected chi connectivity index (χ4v) is 1.18. The summed E-state index contributed by atoms with van der Waals surface area (Å²) in [7, 11) is 3.77. The van der Waals surface area contributed by atoms with Crippen LogP contribution in [0.4, 0.5) is 0 Å². The Hall–Kier alpha value is -1.02. The topological polar surface area (TPSA) is 65.4 Å². The Labute approximate surface area is 106 Å². The number of aromatic carboxylic acids is 1. The van der Waals surface area contributed by atoms with Crippen molar-refractivity contribution in [1.29, 1.82) is 0 Å². The van der Waals surface area contributed by atoms with Crippen LogP contribution in [0.3, 0.4) is 0 Å². The summed E-state index contributed by atoms with van der Waals surface area (Å²) in [6.45, 7) is 1.14. The number of likely N-dealkylation sites (N-methyl/N-ethyl adjacent to an activating group) is 1. The first-order valence-electron chi connectivity index (χ1n) is 4.58. The zero-order chi connectivity index (χ0) is 11.4. The van der Waals surface area contributed by atoms with Gasteiger partial charge < -0.3 is 19.4 Å². The van der Waals surface area contributed by atoms with Gasteiger partial charge in [0.25, 0.3) is 5.56 Å². The molecule has 1 rings (SSSR count). The van der Waals surface area contributed by atoms with E-state index in [2.05, 4.69) is 0 Å². The van der Waals surface area contributed by atoms with Crippen LogP contribution in [0.1, 0.15) is 10.4 Å². The monoisotopic (exact) mass is 216 g/mol. The third-order valence-electron chi connectivity index (χ3n) is 2.03. The fourth-order valence-electron chi connectivity index (χ4n) is 1.18. The predicted octanol–water partition coefficient (Wildman–Crippen LogP) is -4.22. The van der Waals surface area contributed by atoms with Crippen molar-refractivity contribution in [2.45, 2.75) is 6.54 Å². The van der Waals surface area contributed by atoms with E-state index in [4.69, 9.17) is 0 Å². The summed E-state index contributed by atoms with van der Waals surface area (Å²) in [5.41, 5.74) is -0.810.